The van der Waals surface area contributed by atoms with Gasteiger partial charge in [-0.25, -0.2) is 0 Å². The Morgan fingerprint density at radius 2 is 1.96 bits per heavy atom. The van der Waals surface area contributed by atoms with Crippen LogP contribution in [-0.4, -0.2) is 32.2 Å². The van der Waals surface area contributed by atoms with Gasteiger partial charge in [0.1, 0.15) is 0 Å². The van der Waals surface area contributed by atoms with Crippen LogP contribution in [-0.2, 0) is 19.1 Å². The number of unbranched alkanes of at least 4 members (excludes halogenated alkanes) is 3. The van der Waals surface area contributed by atoms with Crippen LogP contribution < -0.4 is 5.32 Å². The first kappa shape index (κ1) is 19.6. The molecule has 0 saturated heterocycles. The lowest BCUT2D eigenvalue weighted by Crippen LogP contribution is -2.11. The Hall–Kier alpha value is -1.70. The number of rotatable bonds is 9. The molecule has 1 N–H and O–H groups in total. The monoisotopic (exact) mass is 384 g/mol. The number of nitrogens with zero attached hydrogens (tertiary/aromatic N) is 1. The highest BCUT2D eigenvalue weighted by Gasteiger charge is 2.07. The van der Waals surface area contributed by atoms with Crippen molar-refractivity contribution in [3.8, 4) is 0 Å². The van der Waals surface area contributed by atoms with Crippen LogP contribution in [0.2, 0.25) is 5.02 Å². The van der Waals surface area contributed by atoms with Gasteiger partial charge in [0.25, 0.3) is 10.1 Å². The minimum absolute atomic E-state index is 0.0603. The van der Waals surface area contributed by atoms with Gasteiger partial charge in [-0.05, 0) is 37.1 Å². The smallest absolute Gasteiger partial charge is 0.264 e. The number of carbonyl (C=O) groups excluding carboxylic acids is 1. The Kier molecular flexibility index (Phi) is 7.16. The van der Waals surface area contributed by atoms with Crippen molar-refractivity contribution < 1.29 is 17.4 Å². The van der Waals surface area contributed by atoms with E-state index in [-0.39, 0.29) is 12.5 Å². The number of fused-ring (bicyclic) bond motifs is 1. The van der Waals surface area contributed by atoms with Crippen LogP contribution in [0.15, 0.2) is 30.5 Å². The number of nitrogens with one attached hydrogen (secondary N) is 1. The zero-order chi connectivity index (χ0) is 18.3. The van der Waals surface area contributed by atoms with E-state index in [1.807, 2.05) is 6.07 Å². The number of hydrogen-bond donors (Lipinski definition) is 1. The molecule has 0 spiro atoms. The highest BCUT2D eigenvalue weighted by Crippen LogP contribution is 2.24. The second kappa shape index (κ2) is 9.12. The Morgan fingerprint density at radius 1 is 1.20 bits per heavy atom. The molecule has 0 radical (unpaired) electrons. The third-order valence-corrected chi connectivity index (χ3v) is 4.40. The summed E-state index contributed by atoms with van der Waals surface area (Å²) in [6.07, 6.45) is 6.13. The van der Waals surface area contributed by atoms with Gasteiger partial charge in [0.2, 0.25) is 5.91 Å². The number of hydrogen-bond acceptors (Lipinski definition) is 5. The van der Waals surface area contributed by atoms with Crippen LogP contribution in [0.3, 0.4) is 0 Å². The molecule has 1 aromatic carbocycles. The van der Waals surface area contributed by atoms with Gasteiger partial charge in [0.15, 0.2) is 0 Å². The molecule has 8 heteroatoms. The highest BCUT2D eigenvalue weighted by molar-refractivity contribution is 7.85. The number of carbonyl (C=O) groups is 1. The van der Waals surface area contributed by atoms with Gasteiger partial charge >= 0.3 is 0 Å². The molecule has 1 amide bonds. The lowest BCUT2D eigenvalue weighted by Gasteiger charge is -2.08. The van der Waals surface area contributed by atoms with Crippen molar-refractivity contribution in [1.29, 1.82) is 0 Å². The minimum atomic E-state index is -3.36. The van der Waals surface area contributed by atoms with E-state index in [4.69, 9.17) is 11.6 Å². The molecule has 0 aliphatic rings. The maximum absolute atomic E-state index is 12.1. The maximum atomic E-state index is 12.1. The Labute approximate surface area is 152 Å². The van der Waals surface area contributed by atoms with Gasteiger partial charge in [0, 0.05) is 23.0 Å². The summed E-state index contributed by atoms with van der Waals surface area (Å²) in [5.74, 6) is -0.0603. The van der Waals surface area contributed by atoms with E-state index in [1.54, 1.807) is 24.4 Å². The third kappa shape index (κ3) is 6.97. The second-order valence-corrected chi connectivity index (χ2v) is 7.84. The molecule has 0 atom stereocenters. The average molecular weight is 385 g/mol. The van der Waals surface area contributed by atoms with Crippen LogP contribution in [0, 0.1) is 0 Å². The van der Waals surface area contributed by atoms with Gasteiger partial charge in [-0.3, -0.25) is 14.0 Å². The highest BCUT2D eigenvalue weighted by atomic mass is 35.5. The summed E-state index contributed by atoms with van der Waals surface area (Å²) in [5, 5.41) is 4.35. The quantitative estimate of drug-likeness (QED) is 0.525. The van der Waals surface area contributed by atoms with E-state index in [1.165, 1.54) is 0 Å². The average Bonchev–Trinajstić information content (AvgIpc) is 2.53. The van der Waals surface area contributed by atoms with Crippen LogP contribution in [0.5, 0.6) is 0 Å². The molecule has 2 rings (SSSR count). The number of pyridine rings is 1. The van der Waals surface area contributed by atoms with Crippen LogP contribution in [0.25, 0.3) is 10.9 Å². The van der Waals surface area contributed by atoms with E-state index in [0.29, 0.717) is 23.6 Å². The molecule has 2 aromatic rings. The van der Waals surface area contributed by atoms with Crippen LogP contribution in [0.1, 0.15) is 32.1 Å². The zero-order valence-corrected chi connectivity index (χ0v) is 15.6. The molecule has 136 valence electrons. The SMILES string of the molecule is CS(=O)(=O)OCCCCCCC(=O)Nc1ccnc2cc(Cl)ccc12. The van der Waals surface area contributed by atoms with Crippen molar-refractivity contribution in [1.82, 2.24) is 4.98 Å². The largest absolute Gasteiger partial charge is 0.325 e. The first-order valence-electron chi connectivity index (χ1n) is 8.04. The molecule has 0 saturated carbocycles. The third-order valence-electron chi connectivity index (χ3n) is 3.57. The number of amides is 1. The Bertz CT molecular complexity index is 840. The summed E-state index contributed by atoms with van der Waals surface area (Å²) in [6, 6.07) is 7.11. The van der Waals surface area contributed by atoms with Crippen molar-refractivity contribution in [3.05, 3.63) is 35.5 Å². The molecule has 0 aliphatic heterocycles. The molecule has 0 bridgehead atoms. The van der Waals surface area contributed by atoms with Crippen molar-refractivity contribution in [2.75, 3.05) is 18.2 Å². The lowest BCUT2D eigenvalue weighted by molar-refractivity contribution is -0.116. The number of anilines is 1. The van der Waals surface area contributed by atoms with E-state index < -0.39 is 10.1 Å². The van der Waals surface area contributed by atoms with E-state index in [9.17, 15) is 13.2 Å². The first-order valence-corrected chi connectivity index (χ1v) is 10.2. The molecule has 6 nitrogen and oxygen atoms in total. The van der Waals surface area contributed by atoms with Gasteiger partial charge in [-0.1, -0.05) is 24.4 Å². The summed E-state index contributed by atoms with van der Waals surface area (Å²) in [4.78, 5) is 16.3. The predicted octanol–water partition coefficient (Wildman–Crippen LogP) is 3.75. The molecule has 1 heterocycles. The van der Waals surface area contributed by atoms with Crippen LogP contribution in [0.4, 0.5) is 5.69 Å². The van der Waals surface area contributed by atoms with E-state index in [0.717, 1.165) is 36.4 Å². The predicted molar refractivity (Wildman–Crippen MR) is 99.3 cm³/mol. The van der Waals surface area contributed by atoms with Crippen molar-refractivity contribution >= 4 is 44.2 Å². The summed E-state index contributed by atoms with van der Waals surface area (Å²) in [6.45, 7) is 0.191. The molecule has 25 heavy (non-hydrogen) atoms. The molecule has 1 aromatic heterocycles. The maximum Gasteiger partial charge on any atom is 0.264 e. The Balaban J connectivity index is 1.74. The summed E-state index contributed by atoms with van der Waals surface area (Å²) < 4.78 is 26.3. The van der Waals surface area contributed by atoms with Crippen molar-refractivity contribution in [3.63, 3.8) is 0 Å². The molecular formula is C17H21ClN2O4S. The van der Waals surface area contributed by atoms with Crippen molar-refractivity contribution in [2.24, 2.45) is 0 Å². The van der Waals surface area contributed by atoms with E-state index >= 15 is 0 Å². The molecule has 0 fully saturated rings. The number of benzene rings is 1. The zero-order valence-electron chi connectivity index (χ0n) is 14.0. The van der Waals surface area contributed by atoms with Crippen LogP contribution >= 0.6 is 11.6 Å². The standard InChI is InChI=1S/C17H21ClN2O4S/c1-25(22,23)24-11-5-3-2-4-6-17(21)20-15-9-10-19-16-12-13(18)7-8-14(15)16/h7-10,12H,2-6,11H2,1H3,(H,19,20,21). The first-order chi connectivity index (χ1) is 11.8. The van der Waals surface area contributed by atoms with Gasteiger partial charge in [0.05, 0.1) is 24.1 Å². The molecule has 0 unspecified atom stereocenters. The topological polar surface area (TPSA) is 85.4 Å². The van der Waals surface area contributed by atoms with Crippen molar-refractivity contribution in [2.45, 2.75) is 32.1 Å². The van der Waals surface area contributed by atoms with E-state index in [2.05, 4.69) is 14.5 Å². The lowest BCUT2D eigenvalue weighted by atomic mass is 10.1. The molecule has 0 aliphatic carbocycles. The fourth-order valence-electron chi connectivity index (χ4n) is 2.39. The van der Waals surface area contributed by atoms with Gasteiger partial charge < -0.3 is 5.32 Å². The summed E-state index contributed by atoms with van der Waals surface area (Å²) >= 11 is 5.95. The fraction of sp³-hybridized carbons (Fsp3) is 0.412. The second-order valence-electron chi connectivity index (χ2n) is 5.76. The summed E-state index contributed by atoms with van der Waals surface area (Å²) in [5.41, 5.74) is 1.45. The minimum Gasteiger partial charge on any atom is -0.325 e. The normalized spacial score (nSPS) is 11.6. The van der Waals surface area contributed by atoms with Gasteiger partial charge in [-0.15, -0.1) is 0 Å². The summed E-state index contributed by atoms with van der Waals surface area (Å²) in [7, 11) is -3.36. The number of halogens is 1. The van der Waals surface area contributed by atoms with Gasteiger partial charge in [-0.2, -0.15) is 8.42 Å². The fourth-order valence-corrected chi connectivity index (χ4v) is 2.98. The number of aromatic nitrogens is 1. The Morgan fingerprint density at radius 3 is 2.72 bits per heavy atom. The molecular weight excluding hydrogens is 364 g/mol.